The number of hydrogen-bond donors (Lipinski definition) is 3. The van der Waals surface area contributed by atoms with Gasteiger partial charge in [0, 0.05) is 24.9 Å². The van der Waals surface area contributed by atoms with Crippen molar-refractivity contribution in [3.05, 3.63) is 65.2 Å². The first-order chi connectivity index (χ1) is 14.4. The van der Waals surface area contributed by atoms with Crippen molar-refractivity contribution < 1.29 is 19.0 Å². The van der Waals surface area contributed by atoms with Crippen LogP contribution in [0.3, 0.4) is 0 Å². The zero-order valence-electron chi connectivity index (χ0n) is 16.9. The molecule has 0 radical (unpaired) electrons. The number of anilines is 1. The number of carboxylic acids is 1. The zero-order chi connectivity index (χ0) is 21.3. The average Bonchev–Trinajstić information content (AvgIpc) is 2.87. The minimum Gasteiger partial charge on any atom is -0.481 e. The molecule has 0 saturated carbocycles. The highest BCUT2D eigenvalue weighted by atomic mass is 32.3. The third kappa shape index (κ3) is 4.14. The highest BCUT2D eigenvalue weighted by molar-refractivity contribution is 8.24. The van der Waals surface area contributed by atoms with Crippen molar-refractivity contribution >= 4 is 33.3 Å². The number of carboxylic acid groups (broad SMARTS) is 1. The lowest BCUT2D eigenvalue weighted by atomic mass is 10.0. The van der Waals surface area contributed by atoms with Crippen LogP contribution in [0.5, 0.6) is 0 Å². The smallest absolute Gasteiger partial charge is 0.303 e. The van der Waals surface area contributed by atoms with Crippen molar-refractivity contribution in [1.82, 2.24) is 4.98 Å². The van der Waals surface area contributed by atoms with Crippen molar-refractivity contribution in [1.29, 1.82) is 0 Å². The molecule has 2 aromatic carbocycles. The topological polar surface area (TPSA) is 93.9 Å². The summed E-state index contributed by atoms with van der Waals surface area (Å²) in [7, 11) is -2.85. The number of carbonyl (C=O) groups is 1. The summed E-state index contributed by atoms with van der Waals surface area (Å²) in [6.07, 6.45) is 1.38. The molecule has 0 aliphatic carbocycles. The molecule has 4 rings (SSSR count). The molecule has 0 spiro atoms. The van der Waals surface area contributed by atoms with Crippen LogP contribution in [0.25, 0.3) is 10.9 Å². The molecule has 0 saturated heterocycles. The van der Waals surface area contributed by atoms with Crippen LogP contribution in [0.2, 0.25) is 0 Å². The molecule has 0 amide bonds. The van der Waals surface area contributed by atoms with Crippen LogP contribution in [-0.2, 0) is 24.2 Å². The number of rotatable bonds is 5. The number of aromatic nitrogens is 1. The molecular formula is C23H26N2O4S. The molecule has 1 aliphatic rings. The zero-order valence-corrected chi connectivity index (χ0v) is 17.7. The third-order valence-electron chi connectivity index (χ3n) is 5.62. The molecule has 0 atom stereocenters. The Balaban J connectivity index is 1.78. The summed E-state index contributed by atoms with van der Waals surface area (Å²) in [6, 6.07) is 15.5. The van der Waals surface area contributed by atoms with Crippen LogP contribution in [0.4, 0.5) is 5.82 Å². The molecule has 2 heterocycles. The number of benzene rings is 2. The fraction of sp³-hybridized carbons (Fsp3) is 0.304. The summed E-state index contributed by atoms with van der Waals surface area (Å²) in [5.74, 6) is 0.146. The maximum atomic E-state index is 11.2. The Bertz CT molecular complexity index is 1100. The van der Waals surface area contributed by atoms with Gasteiger partial charge >= 0.3 is 5.97 Å². The predicted octanol–water partition coefficient (Wildman–Crippen LogP) is 4.94. The van der Waals surface area contributed by atoms with Gasteiger partial charge in [-0.15, -0.1) is 0 Å². The number of aryl methyl sites for hydroxylation is 2. The molecule has 0 unspecified atom stereocenters. The lowest BCUT2D eigenvalue weighted by Gasteiger charge is -2.32. The second-order valence-electron chi connectivity index (χ2n) is 7.64. The van der Waals surface area contributed by atoms with Crippen molar-refractivity contribution in [3.8, 4) is 0 Å². The molecule has 30 heavy (non-hydrogen) atoms. The van der Waals surface area contributed by atoms with Gasteiger partial charge in [-0.2, -0.15) is 10.6 Å². The van der Waals surface area contributed by atoms with Gasteiger partial charge in [0.05, 0.1) is 16.2 Å². The Kier molecular flexibility index (Phi) is 5.69. The number of nitrogens with zero attached hydrogens (tertiary/aromatic N) is 2. The first kappa shape index (κ1) is 20.7. The molecule has 0 bridgehead atoms. The molecule has 3 N–H and O–H groups in total. The molecule has 0 fully saturated rings. The van der Waals surface area contributed by atoms with E-state index in [9.17, 15) is 19.0 Å². The maximum Gasteiger partial charge on any atom is 0.303 e. The normalized spacial score (nSPS) is 16.7. The molecular weight excluding hydrogens is 400 g/mol. The maximum absolute atomic E-state index is 11.2. The molecule has 6 nitrogen and oxygen atoms in total. The predicted molar refractivity (Wildman–Crippen MR) is 121 cm³/mol. The number of fused-ring (bicyclic) bond motifs is 2. The third-order valence-corrected chi connectivity index (χ3v) is 7.47. The largest absolute Gasteiger partial charge is 0.481 e. The molecule has 1 aliphatic heterocycles. The van der Waals surface area contributed by atoms with Gasteiger partial charge in [0.1, 0.15) is 5.82 Å². The van der Waals surface area contributed by atoms with E-state index >= 15 is 0 Å². The summed E-state index contributed by atoms with van der Waals surface area (Å²) in [4.78, 5) is 18.7. The summed E-state index contributed by atoms with van der Waals surface area (Å²) < 4.78 is 21.3. The lowest BCUT2D eigenvalue weighted by Crippen LogP contribution is -2.26. The number of hydrogen-bond acceptors (Lipinski definition) is 5. The summed E-state index contributed by atoms with van der Waals surface area (Å²) >= 11 is 0. The SMILES string of the molecule is CCc1ccc2nc(N3CCS(O)(O)c4ccccc4C3)cc(CCC(=O)O)c2c1. The Labute approximate surface area is 177 Å². The molecule has 7 heteroatoms. The van der Waals surface area contributed by atoms with E-state index in [0.717, 1.165) is 34.3 Å². The quantitative estimate of drug-likeness (QED) is 0.535. The van der Waals surface area contributed by atoms with Crippen molar-refractivity contribution in [2.24, 2.45) is 0 Å². The van der Waals surface area contributed by atoms with Gasteiger partial charge in [-0.05, 0) is 53.8 Å². The second-order valence-corrected chi connectivity index (χ2v) is 9.82. The fourth-order valence-corrected chi connectivity index (χ4v) is 5.48. The molecule has 158 valence electrons. The van der Waals surface area contributed by atoms with E-state index in [1.54, 1.807) is 6.07 Å². The van der Waals surface area contributed by atoms with E-state index in [-0.39, 0.29) is 12.2 Å². The van der Waals surface area contributed by atoms with Crippen LogP contribution in [0.1, 0.15) is 30.0 Å². The van der Waals surface area contributed by atoms with E-state index < -0.39 is 16.6 Å². The van der Waals surface area contributed by atoms with Crippen LogP contribution in [0.15, 0.2) is 53.4 Å². The first-order valence-corrected chi connectivity index (χ1v) is 11.8. The number of pyridine rings is 1. The van der Waals surface area contributed by atoms with E-state index in [2.05, 4.69) is 24.0 Å². The van der Waals surface area contributed by atoms with Gasteiger partial charge in [0.25, 0.3) is 0 Å². The second kappa shape index (κ2) is 8.26. The Morgan fingerprint density at radius 3 is 2.73 bits per heavy atom. The van der Waals surface area contributed by atoms with Crippen molar-refractivity contribution in [2.45, 2.75) is 37.6 Å². The minimum atomic E-state index is -2.85. The Morgan fingerprint density at radius 2 is 1.97 bits per heavy atom. The van der Waals surface area contributed by atoms with Gasteiger partial charge in [-0.3, -0.25) is 13.9 Å². The average molecular weight is 427 g/mol. The first-order valence-electron chi connectivity index (χ1n) is 10.1. The highest BCUT2D eigenvalue weighted by Gasteiger charge is 2.26. The molecule has 1 aromatic heterocycles. The minimum absolute atomic E-state index is 0.0538. The van der Waals surface area contributed by atoms with Crippen molar-refractivity contribution in [3.63, 3.8) is 0 Å². The monoisotopic (exact) mass is 426 g/mol. The summed E-state index contributed by atoms with van der Waals surface area (Å²) in [6.45, 7) is 3.07. The Morgan fingerprint density at radius 1 is 1.17 bits per heavy atom. The van der Waals surface area contributed by atoms with Gasteiger partial charge < -0.3 is 10.0 Å². The van der Waals surface area contributed by atoms with Gasteiger partial charge in [0.15, 0.2) is 0 Å². The van der Waals surface area contributed by atoms with Gasteiger partial charge in [-0.25, -0.2) is 4.98 Å². The van der Waals surface area contributed by atoms with E-state index in [0.29, 0.717) is 24.4 Å². The van der Waals surface area contributed by atoms with Crippen molar-refractivity contribution in [2.75, 3.05) is 17.2 Å². The van der Waals surface area contributed by atoms with Gasteiger partial charge in [0.2, 0.25) is 0 Å². The van der Waals surface area contributed by atoms with E-state index in [1.807, 2.05) is 30.3 Å². The highest BCUT2D eigenvalue weighted by Crippen LogP contribution is 2.51. The Hall–Kier alpha value is -2.61. The van der Waals surface area contributed by atoms with Crippen LogP contribution < -0.4 is 4.90 Å². The fourth-order valence-electron chi connectivity index (χ4n) is 3.94. The standard InChI is InChI=1S/C23H26N2O4S/c1-2-16-7-9-20-19(13-16)17(8-10-23(26)27)14-22(24-20)25-11-12-30(28,29)21-6-4-3-5-18(21)15-25/h3-7,9,13-14,28-29H,2,8,10-12,15H2,1H3,(H,26,27). The summed E-state index contributed by atoms with van der Waals surface area (Å²) in [5, 5.41) is 10.2. The van der Waals surface area contributed by atoms with E-state index in [4.69, 9.17) is 4.98 Å². The van der Waals surface area contributed by atoms with Crippen LogP contribution >= 0.6 is 10.6 Å². The molecule has 3 aromatic rings. The van der Waals surface area contributed by atoms with E-state index in [1.165, 1.54) is 5.56 Å². The van der Waals surface area contributed by atoms with Crippen LogP contribution in [-0.4, -0.2) is 37.5 Å². The number of aliphatic carboxylic acids is 1. The van der Waals surface area contributed by atoms with Crippen LogP contribution in [0, 0.1) is 0 Å². The van der Waals surface area contributed by atoms with Gasteiger partial charge in [-0.1, -0.05) is 31.2 Å². The summed E-state index contributed by atoms with van der Waals surface area (Å²) in [5.41, 5.74) is 3.85. The lowest BCUT2D eigenvalue weighted by molar-refractivity contribution is -0.136.